The molecule has 5 heteroatoms. The molecule has 0 aliphatic rings. The van der Waals surface area contributed by atoms with Gasteiger partial charge in [-0.1, -0.05) is 24.3 Å². The number of rotatable bonds is 6. The summed E-state index contributed by atoms with van der Waals surface area (Å²) in [6, 6.07) is 10.3. The van der Waals surface area contributed by atoms with Crippen molar-refractivity contribution in [2.45, 2.75) is 18.9 Å². The zero-order chi connectivity index (χ0) is 15.3. The van der Waals surface area contributed by atoms with E-state index in [0.29, 0.717) is 12.0 Å². The minimum absolute atomic E-state index is 0.0999. The van der Waals surface area contributed by atoms with E-state index in [1.165, 1.54) is 24.5 Å². The van der Waals surface area contributed by atoms with E-state index < -0.39 is 5.60 Å². The summed E-state index contributed by atoms with van der Waals surface area (Å²) >= 11 is 1.54. The second-order valence-electron chi connectivity index (χ2n) is 4.95. The van der Waals surface area contributed by atoms with Gasteiger partial charge in [0.15, 0.2) is 0 Å². The third-order valence-electron chi connectivity index (χ3n) is 3.43. The van der Waals surface area contributed by atoms with E-state index >= 15 is 0 Å². The second kappa shape index (κ2) is 6.83. The lowest BCUT2D eigenvalue weighted by Gasteiger charge is -2.29. The Labute approximate surface area is 127 Å². The summed E-state index contributed by atoms with van der Waals surface area (Å²) in [5.74, 6) is -0.438. The van der Waals surface area contributed by atoms with Crippen LogP contribution in [0.2, 0.25) is 0 Å². The highest BCUT2D eigenvalue weighted by molar-refractivity contribution is 7.10. The van der Waals surface area contributed by atoms with Gasteiger partial charge in [0, 0.05) is 17.6 Å². The highest BCUT2D eigenvalue weighted by Crippen LogP contribution is 2.26. The van der Waals surface area contributed by atoms with Crippen LogP contribution in [0.4, 0.5) is 4.39 Å². The molecule has 0 saturated carbocycles. The molecule has 0 saturated heterocycles. The van der Waals surface area contributed by atoms with E-state index in [4.69, 9.17) is 4.74 Å². The number of hydrogen-bond acceptors (Lipinski definition) is 3. The molecule has 1 unspecified atom stereocenters. The van der Waals surface area contributed by atoms with Crippen LogP contribution in [0.5, 0.6) is 0 Å². The van der Waals surface area contributed by atoms with Crippen LogP contribution in [0.15, 0.2) is 41.8 Å². The first-order valence-electron chi connectivity index (χ1n) is 6.64. The fourth-order valence-electron chi connectivity index (χ4n) is 2.07. The van der Waals surface area contributed by atoms with Crippen LogP contribution in [-0.4, -0.2) is 19.6 Å². The van der Waals surface area contributed by atoms with Crippen molar-refractivity contribution in [2.75, 3.05) is 13.7 Å². The molecule has 1 aromatic carbocycles. The maximum atomic E-state index is 13.9. The summed E-state index contributed by atoms with van der Waals surface area (Å²) in [6.07, 6.45) is 0.328. The van der Waals surface area contributed by atoms with Gasteiger partial charge in [0.05, 0.1) is 13.0 Å². The first kappa shape index (κ1) is 15.7. The predicted molar refractivity (Wildman–Crippen MR) is 81.8 cm³/mol. The van der Waals surface area contributed by atoms with E-state index in [1.807, 2.05) is 17.5 Å². The van der Waals surface area contributed by atoms with Crippen molar-refractivity contribution in [1.29, 1.82) is 0 Å². The van der Waals surface area contributed by atoms with Crippen molar-refractivity contribution >= 4 is 17.2 Å². The average molecular weight is 307 g/mol. The van der Waals surface area contributed by atoms with Crippen LogP contribution in [0.25, 0.3) is 0 Å². The predicted octanol–water partition coefficient (Wildman–Crippen LogP) is 3.11. The van der Waals surface area contributed by atoms with Crippen molar-refractivity contribution < 1.29 is 13.9 Å². The lowest BCUT2D eigenvalue weighted by atomic mass is 9.95. The standard InChI is InChI=1S/C16H18FNO2S/c1-16(20-2,13-7-3-4-8-14(13)17)11-18-15(19)10-12-6-5-9-21-12/h3-9H,10-11H2,1-2H3,(H,18,19). The number of benzene rings is 1. The summed E-state index contributed by atoms with van der Waals surface area (Å²) in [6.45, 7) is 1.98. The summed E-state index contributed by atoms with van der Waals surface area (Å²) in [7, 11) is 1.51. The van der Waals surface area contributed by atoms with Crippen molar-refractivity contribution in [1.82, 2.24) is 5.32 Å². The van der Waals surface area contributed by atoms with Gasteiger partial charge in [0.2, 0.25) is 5.91 Å². The molecule has 2 rings (SSSR count). The first-order chi connectivity index (χ1) is 10.0. The highest BCUT2D eigenvalue weighted by Gasteiger charge is 2.29. The van der Waals surface area contributed by atoms with E-state index in [2.05, 4.69) is 5.32 Å². The molecule has 3 nitrogen and oxygen atoms in total. The van der Waals surface area contributed by atoms with E-state index in [1.54, 1.807) is 25.1 Å². The highest BCUT2D eigenvalue weighted by atomic mass is 32.1. The number of amides is 1. The molecule has 0 fully saturated rings. The normalized spacial score (nSPS) is 13.7. The Balaban J connectivity index is 2.02. The Kier molecular flexibility index (Phi) is 5.09. The molecule has 0 radical (unpaired) electrons. The van der Waals surface area contributed by atoms with Crippen molar-refractivity contribution in [2.24, 2.45) is 0 Å². The number of thiophene rings is 1. The van der Waals surface area contributed by atoms with Crippen LogP contribution in [0, 0.1) is 5.82 Å². The fraction of sp³-hybridized carbons (Fsp3) is 0.312. The van der Waals surface area contributed by atoms with Gasteiger partial charge in [-0.25, -0.2) is 4.39 Å². The lowest BCUT2D eigenvalue weighted by Crippen LogP contribution is -2.41. The quantitative estimate of drug-likeness (QED) is 0.890. The van der Waals surface area contributed by atoms with Gasteiger partial charge in [-0.3, -0.25) is 4.79 Å². The Morgan fingerprint density at radius 1 is 1.33 bits per heavy atom. The molecule has 0 aliphatic carbocycles. The zero-order valence-corrected chi connectivity index (χ0v) is 12.9. The fourth-order valence-corrected chi connectivity index (χ4v) is 2.77. The maximum Gasteiger partial charge on any atom is 0.225 e. The van der Waals surface area contributed by atoms with E-state index in [9.17, 15) is 9.18 Å². The molecular formula is C16H18FNO2S. The monoisotopic (exact) mass is 307 g/mol. The van der Waals surface area contributed by atoms with Crippen LogP contribution in [0.3, 0.4) is 0 Å². The Hall–Kier alpha value is -1.72. The number of methoxy groups -OCH3 is 1. The van der Waals surface area contributed by atoms with Gasteiger partial charge in [0.1, 0.15) is 11.4 Å². The third-order valence-corrected chi connectivity index (χ3v) is 4.31. The SMILES string of the molecule is COC(C)(CNC(=O)Cc1cccs1)c1ccccc1F. The Morgan fingerprint density at radius 2 is 2.10 bits per heavy atom. The largest absolute Gasteiger partial charge is 0.372 e. The molecular weight excluding hydrogens is 289 g/mol. The van der Waals surface area contributed by atoms with Gasteiger partial charge in [-0.05, 0) is 24.4 Å². The van der Waals surface area contributed by atoms with Crippen LogP contribution >= 0.6 is 11.3 Å². The van der Waals surface area contributed by atoms with Gasteiger partial charge in [-0.2, -0.15) is 0 Å². The summed E-state index contributed by atoms with van der Waals surface area (Å²) < 4.78 is 19.3. The summed E-state index contributed by atoms with van der Waals surface area (Å²) in [4.78, 5) is 12.9. The molecule has 0 bridgehead atoms. The summed E-state index contributed by atoms with van der Waals surface area (Å²) in [5.41, 5.74) is -0.458. The minimum Gasteiger partial charge on any atom is -0.372 e. The Morgan fingerprint density at radius 3 is 2.71 bits per heavy atom. The number of ether oxygens (including phenoxy) is 1. The first-order valence-corrected chi connectivity index (χ1v) is 7.52. The molecule has 0 aliphatic heterocycles. The van der Waals surface area contributed by atoms with E-state index in [-0.39, 0.29) is 18.3 Å². The molecule has 1 N–H and O–H groups in total. The lowest BCUT2D eigenvalue weighted by molar-refractivity contribution is -0.122. The van der Waals surface area contributed by atoms with Crippen LogP contribution < -0.4 is 5.32 Å². The zero-order valence-electron chi connectivity index (χ0n) is 12.1. The van der Waals surface area contributed by atoms with Gasteiger partial charge in [0.25, 0.3) is 0 Å². The number of carbonyl (C=O) groups is 1. The molecule has 21 heavy (non-hydrogen) atoms. The Bertz CT molecular complexity index is 600. The second-order valence-corrected chi connectivity index (χ2v) is 5.98. The number of hydrogen-bond donors (Lipinski definition) is 1. The van der Waals surface area contributed by atoms with Crippen LogP contribution in [-0.2, 0) is 21.6 Å². The summed E-state index contributed by atoms with van der Waals surface area (Å²) in [5, 5.41) is 4.75. The van der Waals surface area contributed by atoms with Gasteiger partial charge >= 0.3 is 0 Å². The smallest absolute Gasteiger partial charge is 0.225 e. The minimum atomic E-state index is -0.892. The topological polar surface area (TPSA) is 38.3 Å². The van der Waals surface area contributed by atoms with Crippen LogP contribution in [0.1, 0.15) is 17.4 Å². The molecule has 2 aromatic rings. The van der Waals surface area contributed by atoms with Crippen molar-refractivity contribution in [3.8, 4) is 0 Å². The third kappa shape index (κ3) is 3.89. The number of nitrogens with one attached hydrogen (secondary N) is 1. The molecule has 0 spiro atoms. The van der Waals surface area contributed by atoms with E-state index in [0.717, 1.165) is 4.88 Å². The molecule has 1 amide bonds. The molecule has 1 atom stereocenters. The number of carbonyl (C=O) groups excluding carboxylic acids is 1. The molecule has 1 heterocycles. The average Bonchev–Trinajstić information content (AvgIpc) is 2.98. The maximum absolute atomic E-state index is 13.9. The van der Waals surface area contributed by atoms with Crippen molar-refractivity contribution in [3.05, 3.63) is 58.0 Å². The number of halogens is 1. The molecule has 1 aromatic heterocycles. The van der Waals surface area contributed by atoms with Crippen molar-refractivity contribution in [3.63, 3.8) is 0 Å². The van der Waals surface area contributed by atoms with Gasteiger partial charge in [-0.15, -0.1) is 11.3 Å². The van der Waals surface area contributed by atoms with Gasteiger partial charge < -0.3 is 10.1 Å². The molecule has 112 valence electrons.